The van der Waals surface area contributed by atoms with Crippen LogP contribution >= 0.6 is 16.1 Å². The maximum absolute atomic E-state index is 9.76. The SMILES string of the molecule is CCCCC(=O)O.CN(C)Br. The van der Waals surface area contributed by atoms with Crippen LogP contribution in [0.25, 0.3) is 0 Å². The van der Waals surface area contributed by atoms with E-state index in [0.29, 0.717) is 6.42 Å². The summed E-state index contributed by atoms with van der Waals surface area (Å²) in [5.41, 5.74) is 0. The molecule has 0 spiro atoms. The third-order valence-electron chi connectivity index (χ3n) is 0.744. The quantitative estimate of drug-likeness (QED) is 0.749. The highest BCUT2D eigenvalue weighted by Gasteiger charge is 1.90. The average Bonchev–Trinajstić information content (AvgIpc) is 1.82. The van der Waals surface area contributed by atoms with Gasteiger partial charge in [-0.2, -0.15) is 0 Å². The lowest BCUT2D eigenvalue weighted by molar-refractivity contribution is -0.137. The van der Waals surface area contributed by atoms with Crippen molar-refractivity contribution in [2.45, 2.75) is 26.2 Å². The Balaban J connectivity index is 0. The second-order valence-electron chi connectivity index (χ2n) is 2.28. The van der Waals surface area contributed by atoms with Gasteiger partial charge in [0.15, 0.2) is 0 Å². The highest BCUT2D eigenvalue weighted by molar-refractivity contribution is 9.07. The number of halogens is 1. The second-order valence-corrected chi connectivity index (χ2v) is 3.70. The number of rotatable bonds is 3. The molecule has 0 atom stereocenters. The molecule has 0 fully saturated rings. The summed E-state index contributed by atoms with van der Waals surface area (Å²) in [6.07, 6.45) is 2.08. The standard InChI is InChI=1S/C5H10O2.C2H6BrN/c1-2-3-4-5(6)7;1-4(2)3/h2-4H2,1H3,(H,6,7);1-2H3. The van der Waals surface area contributed by atoms with E-state index in [1.165, 1.54) is 0 Å². The van der Waals surface area contributed by atoms with Crippen molar-refractivity contribution in [1.29, 1.82) is 0 Å². The van der Waals surface area contributed by atoms with Gasteiger partial charge in [0.05, 0.1) is 0 Å². The minimum Gasteiger partial charge on any atom is -0.481 e. The van der Waals surface area contributed by atoms with E-state index in [1.807, 2.05) is 24.9 Å². The van der Waals surface area contributed by atoms with Gasteiger partial charge in [0, 0.05) is 22.6 Å². The summed E-state index contributed by atoms with van der Waals surface area (Å²) in [5, 5.41) is 8.04. The van der Waals surface area contributed by atoms with E-state index in [4.69, 9.17) is 5.11 Å². The maximum atomic E-state index is 9.76. The van der Waals surface area contributed by atoms with Crippen LogP contribution in [-0.4, -0.2) is 29.1 Å². The van der Waals surface area contributed by atoms with Crippen molar-refractivity contribution in [3.8, 4) is 0 Å². The van der Waals surface area contributed by atoms with Gasteiger partial charge in [0.1, 0.15) is 0 Å². The van der Waals surface area contributed by atoms with Crippen LogP contribution in [0, 0.1) is 0 Å². The van der Waals surface area contributed by atoms with Crippen LogP contribution in [0.1, 0.15) is 26.2 Å². The zero-order valence-corrected chi connectivity index (χ0v) is 8.89. The van der Waals surface area contributed by atoms with E-state index in [1.54, 1.807) is 0 Å². The van der Waals surface area contributed by atoms with Gasteiger partial charge in [-0.1, -0.05) is 13.3 Å². The molecule has 0 aromatic heterocycles. The molecular weight excluding hydrogens is 210 g/mol. The first kappa shape index (κ1) is 13.5. The molecule has 0 bridgehead atoms. The molecular formula is C7H16BrNO2. The lowest BCUT2D eigenvalue weighted by Gasteiger charge is -1.86. The minimum absolute atomic E-state index is 0.316. The van der Waals surface area contributed by atoms with Crippen LogP contribution in [0.2, 0.25) is 0 Å². The van der Waals surface area contributed by atoms with Crippen molar-refractivity contribution in [2.24, 2.45) is 0 Å². The molecule has 0 rings (SSSR count). The van der Waals surface area contributed by atoms with Crippen molar-refractivity contribution in [3.05, 3.63) is 0 Å². The maximum Gasteiger partial charge on any atom is 0.303 e. The van der Waals surface area contributed by atoms with Crippen LogP contribution < -0.4 is 0 Å². The number of carbonyl (C=O) groups is 1. The fourth-order valence-corrected chi connectivity index (χ4v) is 0.328. The van der Waals surface area contributed by atoms with Crippen LogP contribution in [0.5, 0.6) is 0 Å². The summed E-state index contributed by atoms with van der Waals surface area (Å²) in [7, 11) is 3.83. The van der Waals surface area contributed by atoms with E-state index in [2.05, 4.69) is 16.1 Å². The summed E-state index contributed by atoms with van der Waals surface area (Å²) in [6.45, 7) is 1.98. The zero-order valence-electron chi connectivity index (χ0n) is 7.30. The molecule has 0 radical (unpaired) electrons. The van der Waals surface area contributed by atoms with E-state index in [9.17, 15) is 4.79 Å². The van der Waals surface area contributed by atoms with Gasteiger partial charge in [-0.15, -0.1) is 0 Å². The molecule has 0 heterocycles. The van der Waals surface area contributed by atoms with Crippen LogP contribution in [0.3, 0.4) is 0 Å². The number of hydrogen-bond acceptors (Lipinski definition) is 2. The lowest BCUT2D eigenvalue weighted by Crippen LogP contribution is -1.91. The lowest BCUT2D eigenvalue weighted by atomic mass is 10.3. The van der Waals surface area contributed by atoms with E-state index < -0.39 is 5.97 Å². The van der Waals surface area contributed by atoms with Gasteiger partial charge in [-0.05, 0) is 20.5 Å². The zero-order chi connectivity index (χ0) is 9.28. The number of nitrogens with zero attached hydrogens (tertiary/aromatic N) is 1. The topological polar surface area (TPSA) is 40.5 Å². The van der Waals surface area contributed by atoms with Crippen LogP contribution in [0.4, 0.5) is 0 Å². The number of aliphatic carboxylic acids is 1. The minimum atomic E-state index is -0.693. The molecule has 0 saturated carbocycles. The summed E-state index contributed by atoms with van der Waals surface area (Å²) >= 11 is 3.10. The van der Waals surface area contributed by atoms with Gasteiger partial charge in [-0.3, -0.25) is 4.79 Å². The van der Waals surface area contributed by atoms with Crippen molar-refractivity contribution < 1.29 is 9.90 Å². The molecule has 3 nitrogen and oxygen atoms in total. The Labute approximate surface area is 76.7 Å². The molecule has 0 aliphatic carbocycles. The first-order valence-corrected chi connectivity index (χ1v) is 4.26. The molecule has 0 unspecified atom stereocenters. The van der Waals surface area contributed by atoms with E-state index >= 15 is 0 Å². The van der Waals surface area contributed by atoms with Crippen LogP contribution in [0.15, 0.2) is 0 Å². The van der Waals surface area contributed by atoms with Gasteiger partial charge in [0.2, 0.25) is 0 Å². The van der Waals surface area contributed by atoms with Gasteiger partial charge in [0.25, 0.3) is 0 Å². The van der Waals surface area contributed by atoms with Gasteiger partial charge in [-0.25, -0.2) is 3.93 Å². The highest BCUT2D eigenvalue weighted by atomic mass is 79.9. The molecule has 68 valence electrons. The third-order valence-corrected chi connectivity index (χ3v) is 0.744. The van der Waals surface area contributed by atoms with Crippen molar-refractivity contribution >= 4 is 22.1 Å². The fourth-order valence-electron chi connectivity index (χ4n) is 0.328. The van der Waals surface area contributed by atoms with Crippen molar-refractivity contribution in [3.63, 3.8) is 0 Å². The van der Waals surface area contributed by atoms with Gasteiger partial charge >= 0.3 is 5.97 Å². The Bertz CT molecular complexity index is 93.7. The molecule has 0 aliphatic heterocycles. The average molecular weight is 226 g/mol. The Hall–Kier alpha value is -0.0900. The molecule has 0 aliphatic rings. The largest absolute Gasteiger partial charge is 0.481 e. The fraction of sp³-hybridized carbons (Fsp3) is 0.857. The molecule has 0 aromatic carbocycles. The Morgan fingerprint density at radius 2 is 1.91 bits per heavy atom. The molecule has 0 saturated heterocycles. The monoisotopic (exact) mass is 225 g/mol. The second kappa shape index (κ2) is 9.91. The van der Waals surface area contributed by atoms with Gasteiger partial charge < -0.3 is 5.11 Å². The molecule has 0 amide bonds. The molecule has 0 aromatic rings. The number of carboxylic acids is 1. The van der Waals surface area contributed by atoms with E-state index in [0.717, 1.165) is 12.8 Å². The Morgan fingerprint density at radius 1 is 1.55 bits per heavy atom. The number of unbranched alkanes of at least 4 members (excludes halogenated alkanes) is 1. The Kier molecular flexibility index (Phi) is 12.2. The first-order chi connectivity index (χ1) is 5.00. The Morgan fingerprint density at radius 3 is 2.00 bits per heavy atom. The first-order valence-electron chi connectivity index (χ1n) is 3.55. The van der Waals surface area contributed by atoms with Crippen molar-refractivity contribution in [2.75, 3.05) is 14.1 Å². The predicted molar refractivity (Wildman–Crippen MR) is 49.8 cm³/mol. The predicted octanol–water partition coefficient (Wildman–Crippen LogP) is 2.12. The number of carboxylic acid groups (broad SMARTS) is 1. The number of hydrogen-bond donors (Lipinski definition) is 1. The molecule has 11 heavy (non-hydrogen) atoms. The molecule has 1 N–H and O–H groups in total. The van der Waals surface area contributed by atoms with Crippen LogP contribution in [-0.2, 0) is 4.79 Å². The molecule has 4 heteroatoms. The summed E-state index contributed by atoms with van der Waals surface area (Å²) in [4.78, 5) is 9.76. The van der Waals surface area contributed by atoms with E-state index in [-0.39, 0.29) is 0 Å². The summed E-state index contributed by atoms with van der Waals surface area (Å²) in [6, 6.07) is 0. The normalized spacial score (nSPS) is 8.82. The summed E-state index contributed by atoms with van der Waals surface area (Å²) < 4.78 is 1.81. The highest BCUT2D eigenvalue weighted by Crippen LogP contribution is 1.91. The third kappa shape index (κ3) is 40.6. The van der Waals surface area contributed by atoms with Crippen molar-refractivity contribution in [1.82, 2.24) is 3.93 Å². The summed E-state index contributed by atoms with van der Waals surface area (Å²) in [5.74, 6) is -0.693. The smallest absolute Gasteiger partial charge is 0.303 e.